The number of methoxy groups -OCH3 is 1. The Balaban J connectivity index is 2.24. The van der Waals surface area contributed by atoms with Crippen molar-refractivity contribution >= 4 is 22.8 Å². The third-order valence-corrected chi connectivity index (χ3v) is 4.48. The van der Waals surface area contributed by atoms with Gasteiger partial charge in [0, 0.05) is 26.7 Å². The van der Waals surface area contributed by atoms with Gasteiger partial charge in [0.1, 0.15) is 12.7 Å². The fraction of sp³-hybridized carbons (Fsp3) is 0.857. The fourth-order valence-corrected chi connectivity index (χ4v) is 3.26. The quantitative estimate of drug-likeness (QED) is 0.707. The molecule has 2 fully saturated rings. The Kier molecular flexibility index (Phi) is 5.18. The van der Waals surface area contributed by atoms with Gasteiger partial charge >= 0.3 is 5.97 Å². The molecule has 0 aromatic rings. The minimum Gasteiger partial charge on any atom is -0.457 e. The normalized spacial score (nSPS) is 36.7. The average Bonchev–Trinajstić information content (AvgIpc) is 2.70. The van der Waals surface area contributed by atoms with Crippen LogP contribution in [0.15, 0.2) is 0 Å². The predicted molar refractivity (Wildman–Crippen MR) is 78.2 cm³/mol. The van der Waals surface area contributed by atoms with Gasteiger partial charge < -0.3 is 23.7 Å². The van der Waals surface area contributed by atoms with E-state index in [-0.39, 0.29) is 11.7 Å². The Morgan fingerprint density at radius 3 is 2.50 bits per heavy atom. The molecule has 0 aromatic carbocycles. The maximum Gasteiger partial charge on any atom is 0.303 e. The van der Waals surface area contributed by atoms with Crippen LogP contribution < -0.4 is 0 Å². The van der Waals surface area contributed by atoms with Crippen molar-refractivity contribution in [2.75, 3.05) is 19.5 Å². The summed E-state index contributed by atoms with van der Waals surface area (Å²) in [6.45, 7) is 6.50. The van der Waals surface area contributed by atoms with Gasteiger partial charge in [-0.15, -0.1) is 0 Å². The second-order valence-electron chi connectivity index (χ2n) is 5.78. The van der Waals surface area contributed by atoms with E-state index in [2.05, 4.69) is 0 Å². The van der Waals surface area contributed by atoms with E-state index in [0.29, 0.717) is 5.75 Å². The van der Waals surface area contributed by atoms with Crippen LogP contribution in [-0.4, -0.2) is 60.4 Å². The number of ether oxygens (including phenoxy) is 5. The first kappa shape index (κ1) is 17.7. The van der Waals surface area contributed by atoms with E-state index < -0.39 is 35.9 Å². The lowest BCUT2D eigenvalue weighted by atomic mass is 10.0. The molecule has 2 heterocycles. The van der Waals surface area contributed by atoms with Crippen molar-refractivity contribution in [2.45, 2.75) is 57.6 Å². The van der Waals surface area contributed by atoms with E-state index in [4.69, 9.17) is 23.7 Å². The Morgan fingerprint density at radius 2 is 1.95 bits per heavy atom. The summed E-state index contributed by atoms with van der Waals surface area (Å²) < 4.78 is 28.3. The van der Waals surface area contributed by atoms with E-state index in [0.717, 1.165) is 11.8 Å². The zero-order valence-electron chi connectivity index (χ0n) is 13.4. The molecule has 4 atom stereocenters. The van der Waals surface area contributed by atoms with Crippen molar-refractivity contribution in [1.29, 1.82) is 0 Å². The van der Waals surface area contributed by atoms with E-state index in [1.165, 1.54) is 21.0 Å². The number of carbonyl (C=O) groups excluding carboxylic acids is 2. The number of thioether (sulfide) groups is 1. The van der Waals surface area contributed by atoms with Crippen LogP contribution in [0, 0.1) is 0 Å². The smallest absolute Gasteiger partial charge is 0.303 e. The van der Waals surface area contributed by atoms with Crippen LogP contribution in [0.25, 0.3) is 0 Å². The highest BCUT2D eigenvalue weighted by atomic mass is 32.2. The number of hydrogen-bond donors (Lipinski definition) is 0. The first-order valence-electron chi connectivity index (χ1n) is 7.04. The molecule has 8 heteroatoms. The van der Waals surface area contributed by atoms with Crippen LogP contribution in [-0.2, 0) is 33.3 Å². The predicted octanol–water partition coefficient (Wildman–Crippen LogP) is 1.09. The molecule has 2 aliphatic rings. The van der Waals surface area contributed by atoms with Crippen molar-refractivity contribution in [2.24, 2.45) is 0 Å². The average molecular weight is 334 g/mol. The Morgan fingerprint density at radius 1 is 1.27 bits per heavy atom. The van der Waals surface area contributed by atoms with Gasteiger partial charge in [0.05, 0.1) is 0 Å². The standard InChI is InChI=1S/C14H22O7S/c1-8(15)19-11-10(6-22-9(2)16)20-14(17-5)7-18-13(3,4)21-12(11)14/h10-12H,6-7H2,1-5H3/t10-,11-,12+,14+/m1/s1. The highest BCUT2D eigenvalue weighted by molar-refractivity contribution is 8.13. The van der Waals surface area contributed by atoms with Crippen molar-refractivity contribution < 1.29 is 33.3 Å². The zero-order chi connectivity index (χ0) is 16.5. The maximum absolute atomic E-state index is 11.4. The molecule has 0 aliphatic carbocycles. The minimum absolute atomic E-state index is 0.0380. The summed E-state index contributed by atoms with van der Waals surface area (Å²) >= 11 is 1.11. The van der Waals surface area contributed by atoms with Crippen molar-refractivity contribution in [1.82, 2.24) is 0 Å². The second kappa shape index (κ2) is 6.45. The first-order chi connectivity index (χ1) is 10.2. The molecule has 0 aromatic heterocycles. The van der Waals surface area contributed by atoms with Crippen LogP contribution in [0.5, 0.6) is 0 Å². The Labute approximate surface area is 133 Å². The molecular weight excluding hydrogens is 312 g/mol. The summed E-state index contributed by atoms with van der Waals surface area (Å²) in [7, 11) is 1.49. The van der Waals surface area contributed by atoms with Gasteiger partial charge in [0.15, 0.2) is 23.1 Å². The number of carbonyl (C=O) groups is 2. The van der Waals surface area contributed by atoms with Gasteiger partial charge in [-0.2, -0.15) is 0 Å². The lowest BCUT2D eigenvalue weighted by Crippen LogP contribution is -2.59. The third-order valence-electron chi connectivity index (χ3n) is 3.58. The molecule has 2 aliphatic heterocycles. The maximum atomic E-state index is 11.4. The fourth-order valence-electron chi connectivity index (χ4n) is 2.60. The molecule has 22 heavy (non-hydrogen) atoms. The molecule has 2 saturated heterocycles. The molecular formula is C14H22O7S. The van der Waals surface area contributed by atoms with E-state index >= 15 is 0 Å². The number of rotatable bonds is 4. The van der Waals surface area contributed by atoms with Gasteiger partial charge in [0.25, 0.3) is 0 Å². The highest BCUT2D eigenvalue weighted by Gasteiger charge is 2.62. The topological polar surface area (TPSA) is 80.3 Å². The molecule has 126 valence electrons. The van der Waals surface area contributed by atoms with Gasteiger partial charge in [-0.1, -0.05) is 11.8 Å². The molecule has 0 bridgehead atoms. The van der Waals surface area contributed by atoms with Gasteiger partial charge in [-0.05, 0) is 13.8 Å². The monoisotopic (exact) mass is 334 g/mol. The molecule has 0 spiro atoms. The van der Waals surface area contributed by atoms with Crippen LogP contribution in [0.3, 0.4) is 0 Å². The lowest BCUT2D eigenvalue weighted by Gasteiger charge is -2.44. The van der Waals surface area contributed by atoms with Crippen molar-refractivity contribution in [3.63, 3.8) is 0 Å². The zero-order valence-corrected chi connectivity index (χ0v) is 14.2. The summed E-state index contributed by atoms with van der Waals surface area (Å²) in [4.78, 5) is 22.6. The SMILES string of the molecule is CO[C@]12COC(C)(C)O[C@H]1[C@H](OC(C)=O)[C@@H](CSC(C)=O)O2. The van der Waals surface area contributed by atoms with Gasteiger partial charge in [0.2, 0.25) is 5.79 Å². The Bertz CT molecular complexity index is 452. The van der Waals surface area contributed by atoms with Crippen molar-refractivity contribution in [3.05, 3.63) is 0 Å². The van der Waals surface area contributed by atoms with Crippen molar-refractivity contribution in [3.8, 4) is 0 Å². The molecule has 0 unspecified atom stereocenters. The molecule has 2 rings (SSSR count). The minimum atomic E-state index is -1.14. The van der Waals surface area contributed by atoms with E-state index in [1.54, 1.807) is 13.8 Å². The molecule has 0 saturated carbocycles. The lowest BCUT2D eigenvalue weighted by molar-refractivity contribution is -0.384. The largest absolute Gasteiger partial charge is 0.457 e. The van der Waals surface area contributed by atoms with E-state index in [9.17, 15) is 9.59 Å². The summed E-state index contributed by atoms with van der Waals surface area (Å²) in [6.07, 6.45) is -1.80. The van der Waals surface area contributed by atoms with Gasteiger partial charge in [-0.25, -0.2) is 0 Å². The molecule has 0 amide bonds. The van der Waals surface area contributed by atoms with Crippen LogP contribution in [0.2, 0.25) is 0 Å². The number of fused-ring (bicyclic) bond motifs is 1. The number of esters is 1. The highest BCUT2D eigenvalue weighted by Crippen LogP contribution is 2.43. The molecule has 7 nitrogen and oxygen atoms in total. The van der Waals surface area contributed by atoms with E-state index in [1.807, 2.05) is 0 Å². The first-order valence-corrected chi connectivity index (χ1v) is 8.03. The number of hydrogen-bond acceptors (Lipinski definition) is 8. The summed E-state index contributed by atoms with van der Waals surface area (Å²) in [6, 6.07) is 0. The summed E-state index contributed by atoms with van der Waals surface area (Å²) in [5.74, 6) is -2.07. The summed E-state index contributed by atoms with van der Waals surface area (Å²) in [5, 5.41) is -0.0380. The second-order valence-corrected chi connectivity index (χ2v) is 6.97. The van der Waals surface area contributed by atoms with Gasteiger partial charge in [-0.3, -0.25) is 9.59 Å². The van der Waals surface area contributed by atoms with Crippen LogP contribution >= 0.6 is 11.8 Å². The molecule has 0 radical (unpaired) electrons. The van der Waals surface area contributed by atoms with Crippen LogP contribution in [0.4, 0.5) is 0 Å². The summed E-state index contributed by atoms with van der Waals surface area (Å²) in [5.41, 5.74) is 0. The Hall–Kier alpha value is -0.670. The molecule has 0 N–H and O–H groups in total. The third kappa shape index (κ3) is 3.62. The van der Waals surface area contributed by atoms with Crippen LogP contribution in [0.1, 0.15) is 27.7 Å².